The lowest BCUT2D eigenvalue weighted by Crippen LogP contribution is -2.59. The van der Waals surface area contributed by atoms with E-state index in [1.807, 2.05) is 6.07 Å². The Hall–Kier alpha value is -3.16. The molecule has 2 aromatic heterocycles. The van der Waals surface area contributed by atoms with E-state index >= 15 is 0 Å². The maximum absolute atomic E-state index is 14.5. The van der Waals surface area contributed by atoms with Crippen molar-refractivity contribution in [2.24, 2.45) is 0 Å². The third-order valence-corrected chi connectivity index (χ3v) is 7.03. The molecule has 180 valence electrons. The molecule has 0 aliphatic carbocycles. The second-order valence-electron chi connectivity index (χ2n) is 8.55. The largest absolute Gasteiger partial charge is 0.370 e. The highest BCUT2D eigenvalue weighted by Crippen LogP contribution is 2.34. The van der Waals surface area contributed by atoms with Crippen molar-refractivity contribution in [2.45, 2.75) is 12.1 Å². The van der Waals surface area contributed by atoms with Gasteiger partial charge in [-0.15, -0.1) is 0 Å². The molecule has 0 bridgehead atoms. The summed E-state index contributed by atoms with van der Waals surface area (Å²) in [4.78, 5) is 34.8. The van der Waals surface area contributed by atoms with E-state index in [4.69, 9.17) is 33.2 Å². The molecule has 2 aliphatic heterocycles. The number of nitrogens with zero attached hydrogens (tertiary/aromatic N) is 3. The van der Waals surface area contributed by atoms with Gasteiger partial charge in [0.1, 0.15) is 23.7 Å². The van der Waals surface area contributed by atoms with Gasteiger partial charge in [0.2, 0.25) is 0 Å². The Morgan fingerprint density at radius 2 is 1.97 bits per heavy atom. The summed E-state index contributed by atoms with van der Waals surface area (Å²) in [7, 11) is 0. The molecule has 2 fully saturated rings. The second-order valence-corrected chi connectivity index (χ2v) is 9.37. The van der Waals surface area contributed by atoms with Crippen LogP contribution in [0.5, 0.6) is 0 Å². The number of nitrogens with one attached hydrogen (secondary N) is 2. The van der Waals surface area contributed by atoms with Gasteiger partial charge in [-0.1, -0.05) is 23.2 Å². The second kappa shape index (κ2) is 9.47. The third-order valence-electron chi connectivity index (χ3n) is 6.41. The quantitative estimate of drug-likeness (QED) is 0.554. The van der Waals surface area contributed by atoms with E-state index < -0.39 is 11.9 Å². The molecule has 8 nitrogen and oxygen atoms in total. The molecular weight excluding hydrogens is 496 g/mol. The van der Waals surface area contributed by atoms with E-state index in [-0.39, 0.29) is 28.1 Å². The Kier molecular flexibility index (Phi) is 6.38. The smallest absolute Gasteiger partial charge is 0.255 e. The number of fused-ring (bicyclic) bond motifs is 1. The van der Waals surface area contributed by atoms with Crippen molar-refractivity contribution in [2.75, 3.05) is 32.8 Å². The first-order valence-corrected chi connectivity index (χ1v) is 11.7. The summed E-state index contributed by atoms with van der Waals surface area (Å²) < 4.78 is 20.4. The molecule has 1 amide bonds. The first kappa shape index (κ1) is 23.6. The number of nitriles is 1. The fourth-order valence-electron chi connectivity index (χ4n) is 4.61. The Morgan fingerprint density at radius 1 is 1.14 bits per heavy atom. The number of amides is 1. The number of carbonyl (C=O) groups excluding carboxylic acids is 1. The lowest BCUT2D eigenvalue weighted by atomic mass is 10.0. The van der Waals surface area contributed by atoms with Gasteiger partial charge < -0.3 is 19.6 Å². The SMILES string of the molecule is N#Cc1cc(-c2cc(F)cc(C(=O)N3CCN4C[C@@H](c5cc(Cl)c[nH]c5=O)OC[C@@H]4C3)c2Cl)c[nH]1. The normalized spacial score (nSPS) is 20.3. The fraction of sp³-hybridized carbons (Fsp3) is 0.292. The summed E-state index contributed by atoms with van der Waals surface area (Å²) in [5, 5.41) is 9.60. The molecule has 2 atom stereocenters. The molecule has 0 radical (unpaired) electrons. The van der Waals surface area contributed by atoms with Gasteiger partial charge in [-0.2, -0.15) is 5.26 Å². The number of hydrogen-bond donors (Lipinski definition) is 2. The number of aromatic nitrogens is 2. The lowest BCUT2D eigenvalue weighted by molar-refractivity contribution is -0.0862. The molecule has 4 heterocycles. The molecule has 2 saturated heterocycles. The number of H-pyrrole nitrogens is 2. The highest BCUT2D eigenvalue weighted by Gasteiger charge is 2.37. The van der Waals surface area contributed by atoms with Gasteiger partial charge in [-0.3, -0.25) is 14.5 Å². The Bertz CT molecular complexity index is 1400. The number of rotatable bonds is 3. The standard InChI is InChI=1S/C24H20Cl2FN5O3/c25-14-4-19(23(33)30-9-14)21-11-31-1-2-32(10-17(31)12-35-21)24(34)20-6-15(27)5-18(22(20)26)13-3-16(7-28)29-8-13/h3-6,8-9,17,21,29H,1-2,10-12H2,(H,30,33)/t17-,21-/m0/s1. The Balaban J connectivity index is 1.33. The van der Waals surface area contributed by atoms with Crippen LogP contribution in [0, 0.1) is 17.1 Å². The van der Waals surface area contributed by atoms with Crippen LogP contribution in [0.1, 0.15) is 27.7 Å². The van der Waals surface area contributed by atoms with Crippen LogP contribution in [0.2, 0.25) is 10.0 Å². The van der Waals surface area contributed by atoms with Gasteiger partial charge in [0.25, 0.3) is 11.5 Å². The van der Waals surface area contributed by atoms with Crippen molar-refractivity contribution in [3.8, 4) is 17.2 Å². The van der Waals surface area contributed by atoms with Crippen molar-refractivity contribution in [3.05, 3.63) is 79.7 Å². The van der Waals surface area contributed by atoms with Crippen molar-refractivity contribution in [1.82, 2.24) is 19.8 Å². The van der Waals surface area contributed by atoms with Gasteiger partial charge in [0.15, 0.2) is 0 Å². The van der Waals surface area contributed by atoms with Gasteiger partial charge in [0, 0.05) is 55.3 Å². The van der Waals surface area contributed by atoms with Gasteiger partial charge in [-0.05, 0) is 24.3 Å². The molecule has 35 heavy (non-hydrogen) atoms. The summed E-state index contributed by atoms with van der Waals surface area (Å²) in [6, 6.07) is 7.44. The molecule has 5 rings (SSSR count). The van der Waals surface area contributed by atoms with Crippen molar-refractivity contribution >= 4 is 29.1 Å². The van der Waals surface area contributed by atoms with Gasteiger partial charge in [-0.25, -0.2) is 4.39 Å². The minimum absolute atomic E-state index is 0.0647. The highest BCUT2D eigenvalue weighted by atomic mass is 35.5. The first-order valence-electron chi connectivity index (χ1n) is 10.9. The number of morpholine rings is 1. The molecule has 1 aromatic carbocycles. The first-order chi connectivity index (χ1) is 16.8. The minimum atomic E-state index is -0.596. The van der Waals surface area contributed by atoms with Crippen LogP contribution in [0.3, 0.4) is 0 Å². The molecule has 3 aromatic rings. The lowest BCUT2D eigenvalue weighted by Gasteiger charge is -2.46. The number of ether oxygens (including phenoxy) is 1. The van der Waals surface area contributed by atoms with Crippen molar-refractivity contribution in [1.29, 1.82) is 5.26 Å². The molecule has 0 unspecified atom stereocenters. The van der Waals surface area contributed by atoms with Crippen molar-refractivity contribution < 1.29 is 13.9 Å². The predicted octanol–water partition coefficient (Wildman–Crippen LogP) is 3.59. The molecule has 2 aliphatic rings. The number of carbonyl (C=O) groups is 1. The van der Waals surface area contributed by atoms with Crippen LogP contribution in [-0.4, -0.2) is 64.5 Å². The number of halogens is 3. The molecule has 0 spiro atoms. The maximum Gasteiger partial charge on any atom is 0.255 e. The van der Waals surface area contributed by atoms with E-state index in [0.717, 1.165) is 6.07 Å². The van der Waals surface area contributed by atoms with Crippen LogP contribution in [0.4, 0.5) is 4.39 Å². The summed E-state index contributed by atoms with van der Waals surface area (Å²) in [5.41, 5.74) is 1.45. The monoisotopic (exact) mass is 515 g/mol. The average molecular weight is 516 g/mol. The molecule has 2 N–H and O–H groups in total. The predicted molar refractivity (Wildman–Crippen MR) is 128 cm³/mol. The zero-order chi connectivity index (χ0) is 24.7. The van der Waals surface area contributed by atoms with E-state index in [1.54, 1.807) is 23.2 Å². The molecule has 11 heteroatoms. The highest BCUT2D eigenvalue weighted by molar-refractivity contribution is 6.36. The summed E-state index contributed by atoms with van der Waals surface area (Å²) in [6.07, 6.45) is 2.56. The number of pyridine rings is 1. The number of hydrogen-bond acceptors (Lipinski definition) is 5. The summed E-state index contributed by atoms with van der Waals surface area (Å²) in [6.45, 7) is 2.18. The topological polar surface area (TPSA) is 105 Å². The number of benzene rings is 1. The Labute approximate surface area is 209 Å². The zero-order valence-electron chi connectivity index (χ0n) is 18.4. The van der Waals surface area contributed by atoms with Gasteiger partial charge >= 0.3 is 0 Å². The van der Waals surface area contributed by atoms with E-state index in [0.29, 0.717) is 60.2 Å². The van der Waals surface area contributed by atoms with Crippen molar-refractivity contribution in [3.63, 3.8) is 0 Å². The van der Waals surface area contributed by atoms with Crippen LogP contribution in [0.15, 0.2) is 41.5 Å². The van der Waals surface area contributed by atoms with E-state index in [1.165, 1.54) is 12.3 Å². The fourth-order valence-corrected chi connectivity index (χ4v) is 5.08. The van der Waals surface area contributed by atoms with Crippen LogP contribution in [-0.2, 0) is 4.74 Å². The van der Waals surface area contributed by atoms with E-state index in [9.17, 15) is 14.0 Å². The summed E-state index contributed by atoms with van der Waals surface area (Å²) >= 11 is 12.6. The van der Waals surface area contributed by atoms with Crippen LogP contribution >= 0.6 is 23.2 Å². The summed E-state index contributed by atoms with van der Waals surface area (Å²) in [5.74, 6) is -0.971. The third kappa shape index (κ3) is 4.58. The average Bonchev–Trinajstić information content (AvgIpc) is 3.35. The molecular formula is C24H20Cl2FN5O3. The van der Waals surface area contributed by atoms with Crippen LogP contribution in [0.25, 0.3) is 11.1 Å². The minimum Gasteiger partial charge on any atom is -0.370 e. The van der Waals surface area contributed by atoms with Gasteiger partial charge in [0.05, 0.1) is 28.3 Å². The van der Waals surface area contributed by atoms with E-state index in [2.05, 4.69) is 14.9 Å². The van der Waals surface area contributed by atoms with Crippen LogP contribution < -0.4 is 5.56 Å². The Morgan fingerprint density at radius 3 is 2.74 bits per heavy atom. The zero-order valence-corrected chi connectivity index (χ0v) is 19.9. The molecule has 0 saturated carbocycles. The number of piperazine rings is 1. The maximum atomic E-state index is 14.5. The number of aromatic amines is 2.